The summed E-state index contributed by atoms with van der Waals surface area (Å²) in [6.07, 6.45) is 7.76. The maximum absolute atomic E-state index is 6.18. The number of nitrogens with one attached hydrogen (secondary N) is 1. The van der Waals surface area contributed by atoms with E-state index in [-0.39, 0.29) is 0 Å². The normalized spacial score (nSPS) is 10.4. The highest BCUT2D eigenvalue weighted by molar-refractivity contribution is 7.80. The van der Waals surface area contributed by atoms with Gasteiger partial charge < -0.3 is 11.1 Å². The molecule has 1 aromatic rings. The quantitative estimate of drug-likeness (QED) is 0.510. The fourth-order valence-corrected chi connectivity index (χ4v) is 2.31. The summed E-state index contributed by atoms with van der Waals surface area (Å²) in [6.45, 7) is 3.19. The van der Waals surface area contributed by atoms with Crippen LogP contribution in [0.15, 0.2) is 18.2 Å². The molecule has 0 spiro atoms. The van der Waals surface area contributed by atoms with Crippen LogP contribution in [0.2, 0.25) is 5.02 Å². The first-order valence-corrected chi connectivity index (χ1v) is 7.77. The number of hydrogen-bond acceptors (Lipinski definition) is 2. The molecule has 0 bridgehead atoms. The summed E-state index contributed by atoms with van der Waals surface area (Å²) in [6, 6.07) is 5.65. The number of thiocarbonyl (C=S) groups is 1. The van der Waals surface area contributed by atoms with E-state index < -0.39 is 0 Å². The Morgan fingerprint density at radius 1 is 1.21 bits per heavy atom. The maximum Gasteiger partial charge on any atom is 0.104 e. The van der Waals surface area contributed by atoms with Gasteiger partial charge in [0.15, 0.2) is 0 Å². The average Bonchev–Trinajstić information content (AvgIpc) is 2.39. The first-order valence-electron chi connectivity index (χ1n) is 6.98. The molecule has 0 radical (unpaired) electrons. The number of unbranched alkanes of at least 4 members (excludes halogenated alkanes) is 5. The Hall–Kier alpha value is -0.800. The minimum atomic E-state index is 0.379. The topological polar surface area (TPSA) is 38.0 Å². The van der Waals surface area contributed by atoms with Crippen LogP contribution >= 0.6 is 23.8 Å². The smallest absolute Gasteiger partial charge is 0.104 e. The number of anilines is 1. The van der Waals surface area contributed by atoms with Crippen molar-refractivity contribution in [2.75, 3.05) is 11.9 Å². The van der Waals surface area contributed by atoms with Crippen LogP contribution in [0.1, 0.15) is 51.0 Å². The standard InChI is InChI=1S/C15H23ClN2S/c1-2-3-4-5-6-7-10-18-14-9-8-12(15(17)19)11-13(14)16/h8-9,11,18H,2-7,10H2,1H3,(H2,17,19). The summed E-state index contributed by atoms with van der Waals surface area (Å²) in [5.41, 5.74) is 7.33. The summed E-state index contributed by atoms with van der Waals surface area (Å²) in [5, 5.41) is 4.03. The lowest BCUT2D eigenvalue weighted by Gasteiger charge is -2.09. The van der Waals surface area contributed by atoms with Gasteiger partial charge in [0.1, 0.15) is 4.99 Å². The number of hydrogen-bond donors (Lipinski definition) is 2. The van der Waals surface area contributed by atoms with Crippen LogP contribution in [-0.4, -0.2) is 11.5 Å². The fourth-order valence-electron chi connectivity index (χ4n) is 1.94. The minimum Gasteiger partial charge on any atom is -0.389 e. The predicted molar refractivity (Wildman–Crippen MR) is 89.2 cm³/mol. The van der Waals surface area contributed by atoms with Gasteiger partial charge in [0.25, 0.3) is 0 Å². The first-order chi connectivity index (χ1) is 9.15. The molecule has 0 saturated heterocycles. The molecule has 2 nitrogen and oxygen atoms in total. The predicted octanol–water partition coefficient (Wildman–Crippen LogP) is 4.75. The van der Waals surface area contributed by atoms with Crippen molar-refractivity contribution in [3.63, 3.8) is 0 Å². The SMILES string of the molecule is CCCCCCCCNc1ccc(C(N)=S)cc1Cl. The molecule has 0 unspecified atom stereocenters. The zero-order valence-electron chi connectivity index (χ0n) is 11.5. The largest absolute Gasteiger partial charge is 0.389 e. The van der Waals surface area contributed by atoms with E-state index in [1.165, 1.54) is 38.5 Å². The van der Waals surface area contributed by atoms with Crippen molar-refractivity contribution in [2.45, 2.75) is 45.4 Å². The zero-order chi connectivity index (χ0) is 14.1. The van der Waals surface area contributed by atoms with Gasteiger partial charge in [-0.1, -0.05) is 62.8 Å². The van der Waals surface area contributed by atoms with Gasteiger partial charge in [-0.3, -0.25) is 0 Å². The van der Waals surface area contributed by atoms with Crippen molar-refractivity contribution in [1.29, 1.82) is 0 Å². The van der Waals surface area contributed by atoms with Gasteiger partial charge in [-0.2, -0.15) is 0 Å². The summed E-state index contributed by atoms with van der Waals surface area (Å²) in [7, 11) is 0. The summed E-state index contributed by atoms with van der Waals surface area (Å²) in [5.74, 6) is 0. The van der Waals surface area contributed by atoms with E-state index in [0.29, 0.717) is 10.0 Å². The molecule has 0 amide bonds. The lowest BCUT2D eigenvalue weighted by atomic mass is 10.1. The molecule has 0 aliphatic rings. The molecule has 1 aromatic carbocycles. The Labute approximate surface area is 126 Å². The Balaban J connectivity index is 2.28. The van der Waals surface area contributed by atoms with E-state index >= 15 is 0 Å². The molecular weight excluding hydrogens is 276 g/mol. The van der Waals surface area contributed by atoms with E-state index in [1.807, 2.05) is 18.2 Å². The molecule has 0 aromatic heterocycles. The first kappa shape index (κ1) is 16.3. The Bertz CT molecular complexity index is 407. The van der Waals surface area contributed by atoms with Crippen LogP contribution in [-0.2, 0) is 0 Å². The van der Waals surface area contributed by atoms with Gasteiger partial charge >= 0.3 is 0 Å². The monoisotopic (exact) mass is 298 g/mol. The molecule has 0 fully saturated rings. The Morgan fingerprint density at radius 3 is 2.53 bits per heavy atom. The van der Waals surface area contributed by atoms with Gasteiger partial charge in [-0.05, 0) is 24.6 Å². The fraction of sp³-hybridized carbons (Fsp3) is 0.533. The highest BCUT2D eigenvalue weighted by atomic mass is 35.5. The molecule has 0 aliphatic carbocycles. The average molecular weight is 299 g/mol. The van der Waals surface area contributed by atoms with Crippen LogP contribution in [0.25, 0.3) is 0 Å². The van der Waals surface area contributed by atoms with Gasteiger partial charge in [0.05, 0.1) is 10.7 Å². The molecule has 0 saturated carbocycles. The van der Waals surface area contributed by atoms with E-state index in [2.05, 4.69) is 12.2 Å². The van der Waals surface area contributed by atoms with Crippen LogP contribution in [0.5, 0.6) is 0 Å². The van der Waals surface area contributed by atoms with E-state index in [0.717, 1.165) is 17.8 Å². The third kappa shape index (κ3) is 6.26. The van der Waals surface area contributed by atoms with Crippen molar-refractivity contribution in [3.05, 3.63) is 28.8 Å². The van der Waals surface area contributed by atoms with Gasteiger partial charge in [0.2, 0.25) is 0 Å². The van der Waals surface area contributed by atoms with Gasteiger partial charge in [-0.15, -0.1) is 0 Å². The summed E-state index contributed by atoms with van der Waals surface area (Å²) < 4.78 is 0. The van der Waals surface area contributed by atoms with E-state index in [4.69, 9.17) is 29.6 Å². The van der Waals surface area contributed by atoms with Gasteiger partial charge in [-0.25, -0.2) is 0 Å². The van der Waals surface area contributed by atoms with Crippen molar-refractivity contribution >= 4 is 34.5 Å². The second kappa shape index (κ2) is 9.16. The van der Waals surface area contributed by atoms with Crippen LogP contribution in [0.4, 0.5) is 5.69 Å². The van der Waals surface area contributed by atoms with E-state index in [1.54, 1.807) is 0 Å². The summed E-state index contributed by atoms with van der Waals surface area (Å²) in [4.78, 5) is 0.379. The number of nitrogens with two attached hydrogens (primary N) is 1. The molecule has 106 valence electrons. The molecule has 4 heteroatoms. The molecule has 1 rings (SSSR count). The lowest BCUT2D eigenvalue weighted by molar-refractivity contribution is 0.617. The Kier molecular flexibility index (Phi) is 7.84. The molecule has 0 heterocycles. The number of rotatable bonds is 9. The highest BCUT2D eigenvalue weighted by Gasteiger charge is 2.03. The van der Waals surface area contributed by atoms with E-state index in [9.17, 15) is 0 Å². The minimum absolute atomic E-state index is 0.379. The van der Waals surface area contributed by atoms with Crippen molar-refractivity contribution < 1.29 is 0 Å². The van der Waals surface area contributed by atoms with Gasteiger partial charge in [0, 0.05) is 12.1 Å². The molecular formula is C15H23ClN2S. The second-order valence-corrected chi connectivity index (χ2v) is 5.60. The van der Waals surface area contributed by atoms with Crippen LogP contribution in [0, 0.1) is 0 Å². The van der Waals surface area contributed by atoms with Crippen LogP contribution in [0.3, 0.4) is 0 Å². The van der Waals surface area contributed by atoms with Crippen LogP contribution < -0.4 is 11.1 Å². The zero-order valence-corrected chi connectivity index (χ0v) is 13.1. The Morgan fingerprint density at radius 2 is 1.89 bits per heavy atom. The lowest BCUT2D eigenvalue weighted by Crippen LogP contribution is -2.09. The summed E-state index contributed by atoms with van der Waals surface area (Å²) >= 11 is 11.1. The molecule has 3 N–H and O–H groups in total. The second-order valence-electron chi connectivity index (χ2n) is 4.75. The third-order valence-electron chi connectivity index (χ3n) is 3.10. The maximum atomic E-state index is 6.18. The third-order valence-corrected chi connectivity index (χ3v) is 3.65. The number of benzene rings is 1. The number of halogens is 1. The molecule has 19 heavy (non-hydrogen) atoms. The molecule has 0 atom stereocenters. The highest BCUT2D eigenvalue weighted by Crippen LogP contribution is 2.23. The molecule has 0 aliphatic heterocycles. The van der Waals surface area contributed by atoms with Crippen molar-refractivity contribution in [2.24, 2.45) is 5.73 Å². The van der Waals surface area contributed by atoms with Crippen molar-refractivity contribution in [3.8, 4) is 0 Å². The van der Waals surface area contributed by atoms with Crippen molar-refractivity contribution in [1.82, 2.24) is 0 Å².